The number of benzene rings is 3. The van der Waals surface area contributed by atoms with Crippen LogP contribution in [0.1, 0.15) is 15.9 Å². The van der Waals surface area contributed by atoms with Crippen LogP contribution in [0.4, 0.5) is 11.6 Å². The fraction of sp³-hybridized carbons (Fsp3) is 0.0833. The van der Waals surface area contributed by atoms with Gasteiger partial charge in [-0.25, -0.2) is 9.78 Å². The van der Waals surface area contributed by atoms with Crippen LogP contribution in [-0.4, -0.2) is 27.7 Å². The van der Waals surface area contributed by atoms with Crippen molar-refractivity contribution in [2.24, 2.45) is 0 Å². The first-order valence-corrected chi connectivity index (χ1v) is 11.1. The molecule has 0 unspecified atom stereocenters. The van der Waals surface area contributed by atoms with Gasteiger partial charge in [0.1, 0.15) is 5.75 Å². The Balaban J connectivity index is 1.61. The third-order valence-corrected chi connectivity index (χ3v) is 6.53. The third-order valence-electron chi connectivity index (χ3n) is 5.29. The summed E-state index contributed by atoms with van der Waals surface area (Å²) in [6, 6.07) is 18.4. The molecule has 0 atom stereocenters. The average molecular weight is 464 g/mol. The number of carboxylic acids is 1. The Hall–Kier alpha value is -3.55. The summed E-state index contributed by atoms with van der Waals surface area (Å²) < 4.78 is 8.44. The molecule has 0 saturated carbocycles. The molecule has 5 rings (SSSR count). The second kappa shape index (κ2) is 8.18. The first-order chi connectivity index (χ1) is 15.5. The van der Waals surface area contributed by atoms with Crippen molar-refractivity contribution in [1.29, 1.82) is 0 Å². The summed E-state index contributed by atoms with van der Waals surface area (Å²) in [7, 11) is 1.62. The lowest BCUT2D eigenvalue weighted by Crippen LogP contribution is -2.05. The maximum absolute atomic E-state index is 11.4. The Morgan fingerprint density at radius 2 is 1.97 bits per heavy atom. The van der Waals surface area contributed by atoms with Gasteiger partial charge in [0.25, 0.3) is 0 Å². The number of rotatable bonds is 6. The number of carbonyl (C=O) groups is 1. The molecular weight excluding hydrogens is 446 g/mol. The van der Waals surface area contributed by atoms with Crippen molar-refractivity contribution in [2.75, 3.05) is 12.4 Å². The van der Waals surface area contributed by atoms with Crippen LogP contribution in [-0.2, 0) is 6.54 Å². The fourth-order valence-electron chi connectivity index (χ4n) is 3.67. The molecule has 32 heavy (non-hydrogen) atoms. The van der Waals surface area contributed by atoms with Crippen LogP contribution in [0.5, 0.6) is 5.75 Å². The molecule has 8 heteroatoms. The normalized spacial score (nSPS) is 11.2. The number of hydrogen-bond acceptors (Lipinski definition) is 5. The van der Waals surface area contributed by atoms with Crippen molar-refractivity contribution in [3.8, 4) is 5.75 Å². The number of methoxy groups -OCH3 is 1. The average Bonchev–Trinajstić information content (AvgIpc) is 3.35. The predicted octanol–water partition coefficient (Wildman–Crippen LogP) is 6.40. The van der Waals surface area contributed by atoms with Crippen LogP contribution in [0.2, 0.25) is 5.02 Å². The number of aromatic nitrogens is 2. The van der Waals surface area contributed by atoms with Crippen LogP contribution in [0.15, 0.2) is 66.0 Å². The Bertz CT molecular complexity index is 1460. The van der Waals surface area contributed by atoms with Gasteiger partial charge in [0.05, 0.1) is 30.3 Å². The van der Waals surface area contributed by atoms with Crippen molar-refractivity contribution in [2.45, 2.75) is 6.54 Å². The number of aromatic carboxylic acids is 1. The summed E-state index contributed by atoms with van der Waals surface area (Å²) >= 11 is 7.91. The van der Waals surface area contributed by atoms with E-state index in [1.807, 2.05) is 47.0 Å². The number of hydrogen-bond donors (Lipinski definition) is 2. The van der Waals surface area contributed by atoms with Crippen molar-refractivity contribution in [3.05, 3.63) is 82.2 Å². The van der Waals surface area contributed by atoms with Crippen molar-refractivity contribution in [3.63, 3.8) is 0 Å². The number of halogens is 1. The molecule has 2 aromatic heterocycles. The zero-order chi connectivity index (χ0) is 22.2. The first-order valence-electron chi connectivity index (χ1n) is 9.82. The fourth-order valence-corrected chi connectivity index (χ4v) is 4.77. The van der Waals surface area contributed by atoms with Crippen LogP contribution in [0, 0.1) is 0 Å². The minimum Gasteiger partial charge on any atom is -0.497 e. The number of fused-ring (bicyclic) bond motifs is 2. The van der Waals surface area contributed by atoms with Crippen LogP contribution < -0.4 is 10.1 Å². The van der Waals surface area contributed by atoms with E-state index in [0.29, 0.717) is 23.0 Å². The van der Waals surface area contributed by atoms with Gasteiger partial charge in [-0.2, -0.15) is 0 Å². The van der Waals surface area contributed by atoms with Crippen molar-refractivity contribution >= 4 is 61.7 Å². The lowest BCUT2D eigenvalue weighted by Gasteiger charge is -2.11. The molecule has 0 aliphatic heterocycles. The van der Waals surface area contributed by atoms with Gasteiger partial charge < -0.3 is 19.7 Å². The summed E-state index contributed by atoms with van der Waals surface area (Å²) in [5.74, 6) is 0.399. The Morgan fingerprint density at radius 1 is 1.16 bits per heavy atom. The van der Waals surface area contributed by atoms with E-state index < -0.39 is 5.97 Å². The van der Waals surface area contributed by atoms with E-state index in [1.165, 1.54) is 0 Å². The van der Waals surface area contributed by atoms with Gasteiger partial charge in [-0.05, 0) is 77.0 Å². The molecule has 160 valence electrons. The van der Waals surface area contributed by atoms with Gasteiger partial charge in [-0.3, -0.25) is 0 Å². The molecule has 5 aromatic rings. The summed E-state index contributed by atoms with van der Waals surface area (Å²) in [5, 5.41) is 16.7. The number of carboxylic acid groups (broad SMARTS) is 1. The second-order valence-electron chi connectivity index (χ2n) is 7.29. The molecule has 6 nitrogen and oxygen atoms in total. The van der Waals surface area contributed by atoms with Crippen LogP contribution >= 0.6 is 22.9 Å². The van der Waals surface area contributed by atoms with Gasteiger partial charge in [0.2, 0.25) is 5.95 Å². The summed E-state index contributed by atoms with van der Waals surface area (Å²) in [5.41, 5.74) is 3.61. The van der Waals surface area contributed by atoms with E-state index >= 15 is 0 Å². The number of nitrogens with zero attached hydrogens (tertiary/aromatic N) is 2. The highest BCUT2D eigenvalue weighted by molar-refractivity contribution is 7.17. The third kappa shape index (κ3) is 3.77. The van der Waals surface area contributed by atoms with Crippen LogP contribution in [0.3, 0.4) is 0 Å². The highest BCUT2D eigenvalue weighted by Gasteiger charge is 2.16. The Morgan fingerprint density at radius 3 is 2.72 bits per heavy atom. The molecule has 2 heterocycles. The molecule has 3 aromatic carbocycles. The molecule has 0 aliphatic rings. The minimum atomic E-state index is -0.982. The predicted molar refractivity (Wildman–Crippen MR) is 129 cm³/mol. The molecular formula is C24H18ClN3O3S. The van der Waals surface area contributed by atoms with Crippen LogP contribution in [0.25, 0.3) is 21.1 Å². The molecule has 0 saturated heterocycles. The number of thiophene rings is 1. The van der Waals surface area contributed by atoms with Gasteiger partial charge in [-0.15, -0.1) is 11.3 Å². The van der Waals surface area contributed by atoms with E-state index in [4.69, 9.17) is 21.3 Å². The molecule has 0 radical (unpaired) electrons. The SMILES string of the molecule is COc1ccc(Nc2nc3cc(C(=O)O)ccc3n2Cc2csc3ccc(Cl)cc23)cc1. The smallest absolute Gasteiger partial charge is 0.335 e. The molecule has 2 N–H and O–H groups in total. The zero-order valence-corrected chi connectivity index (χ0v) is 18.6. The van der Waals surface area contributed by atoms with E-state index in [1.54, 1.807) is 36.6 Å². The quantitative estimate of drug-likeness (QED) is 0.304. The van der Waals surface area contributed by atoms with Gasteiger partial charge >= 0.3 is 5.97 Å². The molecule has 0 amide bonds. The summed E-state index contributed by atoms with van der Waals surface area (Å²) in [4.78, 5) is 16.2. The maximum Gasteiger partial charge on any atom is 0.335 e. The number of imidazole rings is 1. The number of ether oxygens (including phenoxy) is 1. The second-order valence-corrected chi connectivity index (χ2v) is 8.63. The number of nitrogens with one attached hydrogen (secondary N) is 1. The highest BCUT2D eigenvalue weighted by Crippen LogP contribution is 2.32. The van der Waals surface area contributed by atoms with E-state index in [9.17, 15) is 9.90 Å². The monoisotopic (exact) mass is 463 g/mol. The summed E-state index contributed by atoms with van der Waals surface area (Å²) in [6.07, 6.45) is 0. The van der Waals surface area contributed by atoms with Gasteiger partial charge in [-0.1, -0.05) is 11.6 Å². The van der Waals surface area contributed by atoms with E-state index in [-0.39, 0.29) is 5.56 Å². The topological polar surface area (TPSA) is 76.4 Å². The lowest BCUT2D eigenvalue weighted by molar-refractivity contribution is 0.0697. The van der Waals surface area contributed by atoms with E-state index in [2.05, 4.69) is 10.7 Å². The molecule has 0 spiro atoms. The molecule has 0 aliphatic carbocycles. The largest absolute Gasteiger partial charge is 0.497 e. The Labute approximate surface area is 192 Å². The lowest BCUT2D eigenvalue weighted by atomic mass is 10.1. The zero-order valence-electron chi connectivity index (χ0n) is 17.0. The maximum atomic E-state index is 11.4. The van der Waals surface area contributed by atoms with Crippen molar-refractivity contribution in [1.82, 2.24) is 9.55 Å². The van der Waals surface area contributed by atoms with Gasteiger partial charge in [0, 0.05) is 15.4 Å². The van der Waals surface area contributed by atoms with Gasteiger partial charge in [0.15, 0.2) is 0 Å². The summed E-state index contributed by atoms with van der Waals surface area (Å²) in [6.45, 7) is 0.557. The van der Waals surface area contributed by atoms with E-state index in [0.717, 1.165) is 32.6 Å². The number of anilines is 2. The first kappa shape index (κ1) is 20.4. The Kier molecular flexibility index (Phi) is 5.20. The van der Waals surface area contributed by atoms with Crippen molar-refractivity contribution < 1.29 is 14.6 Å². The molecule has 0 fully saturated rings. The standard InChI is InChI=1S/C24H18ClN3O3S/c1-31-18-6-4-17(5-7-18)26-24-27-20-10-14(23(29)30)2-8-21(20)28(24)12-15-13-32-22-9-3-16(25)11-19(15)22/h2-11,13H,12H2,1H3,(H,26,27)(H,29,30). The molecule has 0 bridgehead atoms. The minimum absolute atomic E-state index is 0.200. The highest BCUT2D eigenvalue weighted by atomic mass is 35.5.